The van der Waals surface area contributed by atoms with Crippen LogP contribution in [-0.4, -0.2) is 13.7 Å². The Morgan fingerprint density at radius 2 is 2.00 bits per heavy atom. The van der Waals surface area contributed by atoms with Crippen molar-refractivity contribution in [3.63, 3.8) is 0 Å². The first-order valence-electron chi connectivity index (χ1n) is 8.10. The molecule has 3 rings (SSSR count). The minimum Gasteiger partial charge on any atom is -0.458 e. The molecule has 114 valence electrons. The Bertz CT molecular complexity index is 570. The molecule has 1 aromatic heterocycles. The summed E-state index contributed by atoms with van der Waals surface area (Å²) >= 11 is 0. The Labute approximate surface area is 126 Å². The Hall–Kier alpha value is -1.32. The Kier molecular flexibility index (Phi) is 4.94. The maximum Gasteiger partial charge on any atom is 0.135 e. The molecule has 0 aliphatic heterocycles. The molecule has 1 fully saturated rings. The third-order valence-electron chi connectivity index (χ3n) is 4.45. The van der Waals surface area contributed by atoms with Crippen LogP contribution < -0.4 is 5.32 Å². The van der Waals surface area contributed by atoms with E-state index in [4.69, 9.17) is 9.15 Å². The summed E-state index contributed by atoms with van der Waals surface area (Å²) in [5.74, 6) is 1.72. The van der Waals surface area contributed by atoms with Gasteiger partial charge in [-0.1, -0.05) is 37.5 Å². The van der Waals surface area contributed by atoms with Gasteiger partial charge in [0, 0.05) is 24.1 Å². The highest BCUT2D eigenvalue weighted by atomic mass is 16.5. The first-order chi connectivity index (χ1) is 10.4. The molecule has 0 saturated heterocycles. The number of para-hydroxylation sites is 1. The summed E-state index contributed by atoms with van der Waals surface area (Å²) in [6.45, 7) is 2.28. The van der Waals surface area contributed by atoms with Crippen molar-refractivity contribution in [2.45, 2.75) is 45.3 Å². The van der Waals surface area contributed by atoms with Gasteiger partial charge < -0.3 is 14.5 Å². The maximum atomic E-state index is 5.98. The van der Waals surface area contributed by atoms with Gasteiger partial charge in [-0.25, -0.2) is 0 Å². The lowest BCUT2D eigenvalue weighted by atomic mass is 9.90. The maximum absolute atomic E-state index is 5.98. The van der Waals surface area contributed by atoms with Crippen molar-refractivity contribution in [3.05, 3.63) is 35.6 Å². The fourth-order valence-electron chi connectivity index (χ4n) is 3.31. The van der Waals surface area contributed by atoms with Crippen LogP contribution in [0.1, 0.15) is 43.4 Å². The van der Waals surface area contributed by atoms with E-state index in [1.165, 1.54) is 43.1 Å². The molecule has 3 nitrogen and oxygen atoms in total. The minimum absolute atomic E-state index is 0.586. The molecular weight excluding hydrogens is 262 g/mol. The summed E-state index contributed by atoms with van der Waals surface area (Å²) in [4.78, 5) is 0. The monoisotopic (exact) mass is 287 g/mol. The minimum atomic E-state index is 0.586. The van der Waals surface area contributed by atoms with Crippen LogP contribution in [0.25, 0.3) is 11.0 Å². The molecule has 1 heterocycles. The molecule has 0 bridgehead atoms. The van der Waals surface area contributed by atoms with Crippen molar-refractivity contribution in [1.29, 1.82) is 0 Å². The topological polar surface area (TPSA) is 34.4 Å². The van der Waals surface area contributed by atoms with Crippen molar-refractivity contribution >= 4 is 11.0 Å². The molecule has 0 spiro atoms. The predicted octanol–water partition coefficient (Wildman–Crippen LogP) is 4.25. The zero-order valence-electron chi connectivity index (χ0n) is 12.9. The van der Waals surface area contributed by atoms with Crippen molar-refractivity contribution in [2.75, 3.05) is 13.7 Å². The van der Waals surface area contributed by atoms with Crippen molar-refractivity contribution in [1.82, 2.24) is 5.32 Å². The second-order valence-electron chi connectivity index (χ2n) is 6.05. The van der Waals surface area contributed by atoms with Gasteiger partial charge in [0.1, 0.15) is 18.0 Å². The van der Waals surface area contributed by atoms with Crippen molar-refractivity contribution in [3.8, 4) is 0 Å². The number of hydrogen-bond donors (Lipinski definition) is 1. The number of furan rings is 1. The molecule has 0 unspecified atom stereocenters. The molecule has 1 aliphatic rings. The summed E-state index contributed by atoms with van der Waals surface area (Å²) in [5, 5.41) is 4.42. The van der Waals surface area contributed by atoms with Gasteiger partial charge in [0.05, 0.1) is 0 Å². The highest BCUT2D eigenvalue weighted by Gasteiger charge is 2.16. The largest absolute Gasteiger partial charge is 0.458 e. The number of nitrogens with one attached hydrogen (secondary N) is 1. The predicted molar refractivity (Wildman–Crippen MR) is 85.2 cm³/mol. The van der Waals surface area contributed by atoms with E-state index in [-0.39, 0.29) is 0 Å². The molecule has 1 saturated carbocycles. The molecule has 3 heteroatoms. The van der Waals surface area contributed by atoms with E-state index in [0.717, 1.165) is 30.4 Å². The lowest BCUT2D eigenvalue weighted by Crippen LogP contribution is -2.14. The number of fused-ring (bicyclic) bond motifs is 1. The van der Waals surface area contributed by atoms with Gasteiger partial charge in [-0.15, -0.1) is 0 Å². The highest BCUT2D eigenvalue weighted by Crippen LogP contribution is 2.28. The number of hydrogen-bond acceptors (Lipinski definition) is 3. The average molecular weight is 287 g/mol. The van der Waals surface area contributed by atoms with Gasteiger partial charge in [0.25, 0.3) is 0 Å². The normalized spacial score (nSPS) is 16.6. The first-order valence-corrected chi connectivity index (χ1v) is 8.10. The number of rotatable bonds is 6. The van der Waals surface area contributed by atoms with E-state index >= 15 is 0 Å². The molecule has 0 amide bonds. The van der Waals surface area contributed by atoms with Gasteiger partial charge in [0.2, 0.25) is 0 Å². The van der Waals surface area contributed by atoms with Crippen LogP contribution in [0.2, 0.25) is 0 Å². The third kappa shape index (κ3) is 3.47. The van der Waals surface area contributed by atoms with E-state index < -0.39 is 0 Å². The van der Waals surface area contributed by atoms with E-state index in [2.05, 4.69) is 17.4 Å². The second-order valence-corrected chi connectivity index (χ2v) is 6.05. The Morgan fingerprint density at radius 3 is 2.81 bits per heavy atom. The molecule has 1 N–H and O–H groups in total. The van der Waals surface area contributed by atoms with Crippen LogP contribution in [0.3, 0.4) is 0 Å². The van der Waals surface area contributed by atoms with E-state index in [0.29, 0.717) is 6.61 Å². The summed E-state index contributed by atoms with van der Waals surface area (Å²) in [6, 6.07) is 8.22. The SMILES string of the molecule is CNCc1c(COCC2CCCCC2)oc2ccccc12. The van der Waals surface area contributed by atoms with Crippen LogP contribution in [0.15, 0.2) is 28.7 Å². The van der Waals surface area contributed by atoms with Gasteiger partial charge in [0.15, 0.2) is 0 Å². The summed E-state index contributed by atoms with van der Waals surface area (Å²) < 4.78 is 11.9. The lowest BCUT2D eigenvalue weighted by molar-refractivity contribution is 0.0639. The summed E-state index contributed by atoms with van der Waals surface area (Å²) in [5.41, 5.74) is 2.19. The Balaban J connectivity index is 1.66. The average Bonchev–Trinajstić information content (AvgIpc) is 2.87. The van der Waals surface area contributed by atoms with Crippen LogP contribution in [0.4, 0.5) is 0 Å². The first kappa shape index (κ1) is 14.6. The summed E-state index contributed by atoms with van der Waals surface area (Å²) in [7, 11) is 1.97. The fourth-order valence-corrected chi connectivity index (χ4v) is 3.31. The molecule has 0 radical (unpaired) electrons. The number of ether oxygens (including phenoxy) is 1. The van der Waals surface area contributed by atoms with Gasteiger partial charge in [-0.2, -0.15) is 0 Å². The smallest absolute Gasteiger partial charge is 0.135 e. The number of benzene rings is 1. The zero-order chi connectivity index (χ0) is 14.5. The standard InChI is InChI=1S/C18H25NO2/c1-19-11-16-15-9-5-6-10-17(15)21-18(16)13-20-12-14-7-3-2-4-8-14/h5-6,9-10,14,19H,2-4,7-8,11-13H2,1H3. The molecule has 1 aromatic carbocycles. The Morgan fingerprint density at radius 1 is 1.19 bits per heavy atom. The van der Waals surface area contributed by atoms with Gasteiger partial charge in [-0.3, -0.25) is 0 Å². The quantitative estimate of drug-likeness (QED) is 0.862. The second kappa shape index (κ2) is 7.10. The van der Waals surface area contributed by atoms with E-state index in [1.54, 1.807) is 0 Å². The third-order valence-corrected chi connectivity index (χ3v) is 4.45. The molecule has 2 aromatic rings. The van der Waals surface area contributed by atoms with Crippen molar-refractivity contribution < 1.29 is 9.15 Å². The van der Waals surface area contributed by atoms with E-state index in [9.17, 15) is 0 Å². The summed E-state index contributed by atoms with van der Waals surface area (Å²) in [6.07, 6.45) is 6.77. The van der Waals surface area contributed by atoms with Gasteiger partial charge in [-0.05, 0) is 31.9 Å². The zero-order valence-corrected chi connectivity index (χ0v) is 12.9. The van der Waals surface area contributed by atoms with Crippen LogP contribution in [-0.2, 0) is 17.9 Å². The fraction of sp³-hybridized carbons (Fsp3) is 0.556. The van der Waals surface area contributed by atoms with Crippen LogP contribution >= 0.6 is 0 Å². The molecule has 21 heavy (non-hydrogen) atoms. The highest BCUT2D eigenvalue weighted by molar-refractivity contribution is 5.82. The van der Waals surface area contributed by atoms with Crippen LogP contribution in [0, 0.1) is 5.92 Å². The van der Waals surface area contributed by atoms with E-state index in [1.807, 2.05) is 19.2 Å². The lowest BCUT2D eigenvalue weighted by Gasteiger charge is -2.21. The molecule has 1 aliphatic carbocycles. The molecular formula is C18H25NO2. The van der Waals surface area contributed by atoms with Gasteiger partial charge >= 0.3 is 0 Å². The molecule has 0 atom stereocenters. The van der Waals surface area contributed by atoms with Crippen molar-refractivity contribution in [2.24, 2.45) is 5.92 Å². The van der Waals surface area contributed by atoms with Crippen LogP contribution in [0.5, 0.6) is 0 Å².